The van der Waals surface area contributed by atoms with Crippen molar-refractivity contribution in [3.05, 3.63) is 93.7 Å². The van der Waals surface area contributed by atoms with Crippen molar-refractivity contribution in [3.63, 3.8) is 0 Å². The van der Waals surface area contributed by atoms with Crippen molar-refractivity contribution in [2.24, 2.45) is 5.73 Å². The summed E-state index contributed by atoms with van der Waals surface area (Å²) in [6.45, 7) is 12.6. The molecule has 0 radical (unpaired) electrons. The Morgan fingerprint density at radius 1 is 1.06 bits per heavy atom. The van der Waals surface area contributed by atoms with Gasteiger partial charge in [0.05, 0.1) is 44.7 Å². The summed E-state index contributed by atoms with van der Waals surface area (Å²) >= 11 is 12.8. The highest BCUT2D eigenvalue weighted by Crippen LogP contribution is 2.37. The summed E-state index contributed by atoms with van der Waals surface area (Å²) in [6, 6.07) is 13.6. The summed E-state index contributed by atoms with van der Waals surface area (Å²) in [4.78, 5) is 11.5. The van der Waals surface area contributed by atoms with Gasteiger partial charge in [-0.3, -0.25) is 9.88 Å². The number of benzene rings is 2. The standard InChI is InChI=1S/C36H41Cl2FN8O/c1-21(2)48-32-9-6-22(18-43-32)34(31(41)20-42-24-10-12-47(13-11-24)36(3,4)5)46-26-14-27-33(45-25-7-8-30(39)28(37)15-25)23(17-40)19-44-35(27)29(38)16-26/h6-9,14-16,18-21,24,34,42,46H,10-13,41H2,1-5H3,(H,44,45)/b31-20-/t34-/m0/s1. The maximum atomic E-state index is 13.9. The molecule has 1 aliphatic rings. The number of ether oxygens (including phenoxy) is 1. The van der Waals surface area contributed by atoms with Crippen molar-refractivity contribution in [3.8, 4) is 11.9 Å². The van der Waals surface area contributed by atoms with Crippen LogP contribution in [0.3, 0.4) is 0 Å². The van der Waals surface area contributed by atoms with Crippen LogP contribution >= 0.6 is 23.2 Å². The second kappa shape index (κ2) is 14.9. The number of nitriles is 1. The van der Waals surface area contributed by atoms with Gasteiger partial charge in [-0.1, -0.05) is 23.2 Å². The average molecular weight is 692 g/mol. The molecule has 1 aliphatic heterocycles. The van der Waals surface area contributed by atoms with Gasteiger partial charge in [0, 0.05) is 66.1 Å². The van der Waals surface area contributed by atoms with Gasteiger partial charge >= 0.3 is 0 Å². The lowest BCUT2D eigenvalue weighted by Gasteiger charge is -2.41. The normalized spacial score (nSPS) is 15.3. The first-order valence-corrected chi connectivity index (χ1v) is 16.7. The average Bonchev–Trinajstić information content (AvgIpc) is 3.04. The Labute approximate surface area is 291 Å². The van der Waals surface area contributed by atoms with Crippen LogP contribution in [0.25, 0.3) is 10.9 Å². The van der Waals surface area contributed by atoms with E-state index in [2.05, 4.69) is 57.7 Å². The number of rotatable bonds is 10. The number of nitrogens with two attached hydrogens (primary N) is 1. The van der Waals surface area contributed by atoms with E-state index in [1.54, 1.807) is 18.3 Å². The first kappa shape index (κ1) is 35.0. The number of hydrogen-bond acceptors (Lipinski definition) is 9. The minimum absolute atomic E-state index is 0.0171. The Bertz CT molecular complexity index is 1830. The van der Waals surface area contributed by atoms with Gasteiger partial charge in [-0.2, -0.15) is 5.26 Å². The second-order valence-corrected chi connectivity index (χ2v) is 14.0. The van der Waals surface area contributed by atoms with Crippen LogP contribution in [-0.4, -0.2) is 45.6 Å². The number of aromatic nitrogens is 2. The number of likely N-dealkylation sites (tertiary alicyclic amines) is 1. The molecule has 252 valence electrons. The lowest BCUT2D eigenvalue weighted by atomic mass is 9.98. The van der Waals surface area contributed by atoms with Crippen molar-refractivity contribution in [2.45, 2.75) is 71.2 Å². The highest BCUT2D eigenvalue weighted by molar-refractivity contribution is 6.36. The number of nitrogens with one attached hydrogen (secondary N) is 3. The van der Waals surface area contributed by atoms with E-state index in [0.29, 0.717) is 50.6 Å². The minimum atomic E-state index is -0.545. The molecule has 48 heavy (non-hydrogen) atoms. The van der Waals surface area contributed by atoms with Gasteiger partial charge in [0.25, 0.3) is 0 Å². The maximum absolute atomic E-state index is 13.9. The Hall–Kier alpha value is -4.30. The summed E-state index contributed by atoms with van der Waals surface area (Å²) < 4.78 is 19.7. The lowest BCUT2D eigenvalue weighted by Crippen LogP contribution is -2.49. The topological polar surface area (TPSA) is 124 Å². The van der Waals surface area contributed by atoms with Gasteiger partial charge in [-0.05, 0) is 89.4 Å². The van der Waals surface area contributed by atoms with Crippen molar-refractivity contribution in [1.29, 1.82) is 5.26 Å². The monoisotopic (exact) mass is 690 g/mol. The number of nitrogens with zero attached hydrogens (tertiary/aromatic N) is 4. The maximum Gasteiger partial charge on any atom is 0.213 e. The van der Waals surface area contributed by atoms with Crippen LogP contribution in [0.2, 0.25) is 10.0 Å². The Morgan fingerprint density at radius 3 is 2.42 bits per heavy atom. The predicted molar refractivity (Wildman–Crippen MR) is 192 cm³/mol. The minimum Gasteiger partial charge on any atom is -0.475 e. The Kier molecular flexibility index (Phi) is 10.8. The molecule has 0 spiro atoms. The molecule has 0 bridgehead atoms. The van der Waals surface area contributed by atoms with Gasteiger partial charge < -0.3 is 26.4 Å². The third-order valence-corrected chi connectivity index (χ3v) is 8.83. The van der Waals surface area contributed by atoms with Crippen molar-refractivity contribution in [2.75, 3.05) is 23.7 Å². The van der Waals surface area contributed by atoms with E-state index in [-0.39, 0.29) is 22.2 Å². The van der Waals surface area contributed by atoms with Crippen molar-refractivity contribution < 1.29 is 9.13 Å². The molecule has 4 aromatic rings. The molecule has 9 nitrogen and oxygen atoms in total. The zero-order chi connectivity index (χ0) is 34.6. The third kappa shape index (κ3) is 8.40. The number of halogens is 3. The molecule has 0 aliphatic carbocycles. The number of hydrogen-bond donors (Lipinski definition) is 4. The van der Waals surface area contributed by atoms with Crippen LogP contribution in [0.4, 0.5) is 21.5 Å². The SMILES string of the molecule is CC(C)Oc1ccc([C@H](Nc2cc(Cl)c3ncc(C#N)c(Nc4ccc(F)c(Cl)c4)c3c2)/C(N)=C/NC2CCN(C(C)(C)C)CC2)cn1. The van der Waals surface area contributed by atoms with Gasteiger partial charge in [0.1, 0.15) is 11.9 Å². The Balaban J connectivity index is 1.48. The molecular formula is C36H41Cl2FN8O. The molecule has 12 heteroatoms. The van der Waals surface area contributed by atoms with E-state index in [4.69, 9.17) is 33.7 Å². The molecule has 2 aromatic heterocycles. The molecule has 1 saturated heterocycles. The van der Waals surface area contributed by atoms with Crippen molar-refractivity contribution >= 4 is 51.2 Å². The van der Waals surface area contributed by atoms with Crippen LogP contribution in [-0.2, 0) is 0 Å². The summed E-state index contributed by atoms with van der Waals surface area (Å²) in [6.07, 6.45) is 7.05. The van der Waals surface area contributed by atoms with E-state index in [1.807, 2.05) is 38.2 Å². The van der Waals surface area contributed by atoms with Crippen LogP contribution < -0.4 is 26.4 Å². The van der Waals surface area contributed by atoms with E-state index in [9.17, 15) is 9.65 Å². The highest BCUT2D eigenvalue weighted by atomic mass is 35.5. The van der Waals surface area contributed by atoms with Crippen molar-refractivity contribution in [1.82, 2.24) is 20.2 Å². The van der Waals surface area contributed by atoms with Crippen LogP contribution in [0.15, 0.2) is 66.8 Å². The first-order chi connectivity index (χ1) is 22.8. The number of anilines is 3. The fraction of sp³-hybridized carbons (Fsp3) is 0.361. The largest absolute Gasteiger partial charge is 0.475 e. The first-order valence-electron chi connectivity index (χ1n) is 15.9. The molecule has 5 rings (SSSR count). The zero-order valence-electron chi connectivity index (χ0n) is 27.7. The van der Waals surface area contributed by atoms with Gasteiger partial charge in [0.15, 0.2) is 0 Å². The molecule has 1 atom stereocenters. The van der Waals surface area contributed by atoms with Crippen LogP contribution in [0, 0.1) is 17.1 Å². The summed E-state index contributed by atoms with van der Waals surface area (Å²) in [5, 5.41) is 21.1. The van der Waals surface area contributed by atoms with E-state index >= 15 is 0 Å². The van der Waals surface area contributed by atoms with Gasteiger partial charge in [-0.25, -0.2) is 9.37 Å². The third-order valence-electron chi connectivity index (χ3n) is 8.26. The quantitative estimate of drug-likeness (QED) is 0.130. The predicted octanol–water partition coefficient (Wildman–Crippen LogP) is 8.28. The summed E-state index contributed by atoms with van der Waals surface area (Å²) in [5.41, 5.74) is 10.6. The fourth-order valence-corrected chi connectivity index (χ4v) is 6.14. The molecular weight excluding hydrogens is 650 g/mol. The molecule has 3 heterocycles. The Morgan fingerprint density at radius 2 is 1.79 bits per heavy atom. The second-order valence-electron chi connectivity index (χ2n) is 13.2. The van der Waals surface area contributed by atoms with Gasteiger partial charge in [0.2, 0.25) is 5.88 Å². The number of pyridine rings is 2. The zero-order valence-corrected chi connectivity index (χ0v) is 29.3. The van der Waals surface area contributed by atoms with Crippen LogP contribution in [0.1, 0.15) is 64.6 Å². The van der Waals surface area contributed by atoms with E-state index in [1.165, 1.54) is 18.3 Å². The fourth-order valence-electron chi connectivity index (χ4n) is 5.69. The number of piperidine rings is 1. The number of fused-ring (bicyclic) bond motifs is 1. The smallest absolute Gasteiger partial charge is 0.213 e. The van der Waals surface area contributed by atoms with Gasteiger partial charge in [-0.15, -0.1) is 0 Å². The highest BCUT2D eigenvalue weighted by Gasteiger charge is 2.27. The molecule has 0 unspecified atom stereocenters. The molecule has 1 fully saturated rings. The lowest BCUT2D eigenvalue weighted by molar-refractivity contribution is 0.0988. The molecule has 5 N–H and O–H groups in total. The van der Waals surface area contributed by atoms with Crippen LogP contribution in [0.5, 0.6) is 5.88 Å². The van der Waals surface area contributed by atoms with E-state index in [0.717, 1.165) is 31.5 Å². The summed E-state index contributed by atoms with van der Waals surface area (Å²) in [7, 11) is 0. The van der Waals surface area contributed by atoms with E-state index < -0.39 is 11.9 Å². The summed E-state index contributed by atoms with van der Waals surface area (Å²) in [5.74, 6) is -0.0315. The molecule has 0 amide bonds. The molecule has 2 aromatic carbocycles. The molecule has 0 saturated carbocycles.